The summed E-state index contributed by atoms with van der Waals surface area (Å²) in [4.78, 5) is 5.74. The van der Waals surface area contributed by atoms with E-state index in [0.717, 1.165) is 19.3 Å². The molecule has 0 amide bonds. The van der Waals surface area contributed by atoms with Gasteiger partial charge in [-0.05, 0) is 112 Å². The molecule has 0 fully saturated rings. The van der Waals surface area contributed by atoms with Crippen molar-refractivity contribution in [1.29, 1.82) is 0 Å². The first kappa shape index (κ1) is 29.7. The van der Waals surface area contributed by atoms with Gasteiger partial charge in [-0.3, -0.25) is 0 Å². The smallest absolute Gasteiger partial charge is 0.0560 e. The number of nitrogens with zero attached hydrogens (tertiary/aromatic N) is 1. The molecule has 3 aromatic carbocycles. The summed E-state index contributed by atoms with van der Waals surface area (Å²) in [7, 11) is 0. The third-order valence-corrected chi connectivity index (χ3v) is 12.9. The van der Waals surface area contributed by atoms with Crippen LogP contribution in [0.2, 0.25) is 0 Å². The van der Waals surface area contributed by atoms with E-state index in [-0.39, 0.29) is 11.5 Å². The lowest BCUT2D eigenvalue weighted by Gasteiger charge is -2.34. The Morgan fingerprint density at radius 3 is 2.23 bits per heavy atom. The van der Waals surface area contributed by atoms with Crippen LogP contribution < -0.4 is 4.90 Å². The van der Waals surface area contributed by atoms with Crippen LogP contribution in [0, 0.1) is 11.8 Å². The highest BCUT2D eigenvalue weighted by atomic mass is 32.1. The number of anilines is 2. The molecule has 0 bridgehead atoms. The van der Waals surface area contributed by atoms with Crippen LogP contribution in [0.15, 0.2) is 133 Å². The molecule has 238 valence electrons. The van der Waals surface area contributed by atoms with E-state index in [9.17, 15) is 0 Å². The van der Waals surface area contributed by atoms with Crippen molar-refractivity contribution in [3.8, 4) is 11.1 Å². The van der Waals surface area contributed by atoms with Gasteiger partial charge >= 0.3 is 0 Å². The lowest BCUT2D eigenvalue weighted by Crippen LogP contribution is -2.30. The first-order valence-corrected chi connectivity index (χ1v) is 18.6. The van der Waals surface area contributed by atoms with Crippen molar-refractivity contribution in [2.75, 3.05) is 4.90 Å². The number of rotatable bonds is 5. The summed E-state index contributed by atoms with van der Waals surface area (Å²) >= 11 is 2.08. The van der Waals surface area contributed by atoms with Crippen LogP contribution in [0.25, 0.3) is 23.3 Å². The van der Waals surface area contributed by atoms with E-state index in [1.165, 1.54) is 62.3 Å². The van der Waals surface area contributed by atoms with E-state index in [4.69, 9.17) is 0 Å². The molecule has 4 unspecified atom stereocenters. The van der Waals surface area contributed by atoms with E-state index in [0.29, 0.717) is 17.8 Å². The lowest BCUT2D eigenvalue weighted by molar-refractivity contribution is 0.393. The van der Waals surface area contributed by atoms with Gasteiger partial charge in [-0.1, -0.05) is 130 Å². The second-order valence-corrected chi connectivity index (χ2v) is 16.0. The molecular formula is C46H43NS. The molecule has 5 aliphatic rings. The second kappa shape index (κ2) is 11.6. The number of hydrogen-bond acceptors (Lipinski definition) is 2. The number of aryl methyl sites for hydroxylation is 1. The number of allylic oxidation sites excluding steroid dienone is 8. The van der Waals surface area contributed by atoms with E-state index >= 15 is 0 Å². The predicted octanol–water partition coefficient (Wildman–Crippen LogP) is 12.4. The van der Waals surface area contributed by atoms with Crippen molar-refractivity contribution < 1.29 is 0 Å². The van der Waals surface area contributed by atoms with Gasteiger partial charge < -0.3 is 4.90 Å². The minimum absolute atomic E-state index is 0.0797. The quantitative estimate of drug-likeness (QED) is 0.210. The average Bonchev–Trinajstić information content (AvgIpc) is 3.62. The third kappa shape index (κ3) is 4.88. The normalized spacial score (nSPS) is 24.3. The van der Waals surface area contributed by atoms with Gasteiger partial charge in [0.05, 0.1) is 6.04 Å². The van der Waals surface area contributed by atoms with Crippen LogP contribution in [0.5, 0.6) is 0 Å². The second-order valence-electron chi connectivity index (χ2n) is 14.8. The SMILES string of the molecule is CC1C=CC(C2=CCC(N(c3ccc(-c4ccccc4)cc3)c3ccc4c(c3)C3c5sc6c(c5C=CC3C4(C)C)C=CCC6)C=C2)=CC1. The van der Waals surface area contributed by atoms with Gasteiger partial charge in [0.2, 0.25) is 0 Å². The number of hydrogen-bond donors (Lipinski definition) is 0. The van der Waals surface area contributed by atoms with Crippen molar-refractivity contribution in [1.82, 2.24) is 0 Å². The molecule has 1 heterocycles. The molecule has 2 heteroatoms. The molecule has 9 rings (SSSR count). The Hall–Kier alpha value is -4.40. The summed E-state index contributed by atoms with van der Waals surface area (Å²) in [5, 5.41) is 0. The van der Waals surface area contributed by atoms with Crippen molar-refractivity contribution in [3.63, 3.8) is 0 Å². The summed E-state index contributed by atoms with van der Waals surface area (Å²) in [6, 6.07) is 27.6. The Bertz CT molecular complexity index is 2080. The molecule has 4 aromatic rings. The van der Waals surface area contributed by atoms with Crippen molar-refractivity contribution in [2.45, 2.75) is 63.8 Å². The van der Waals surface area contributed by atoms with E-state index in [1.807, 2.05) is 0 Å². The van der Waals surface area contributed by atoms with Gasteiger partial charge in [0.15, 0.2) is 0 Å². The molecule has 0 aliphatic heterocycles. The zero-order valence-electron chi connectivity index (χ0n) is 28.2. The topological polar surface area (TPSA) is 3.24 Å². The maximum absolute atomic E-state index is 2.59. The zero-order valence-corrected chi connectivity index (χ0v) is 29.0. The minimum Gasteiger partial charge on any atom is -0.334 e. The molecule has 0 radical (unpaired) electrons. The highest BCUT2D eigenvalue weighted by Gasteiger charge is 2.48. The fraction of sp³-hybridized carbons (Fsp3) is 0.261. The molecule has 4 atom stereocenters. The van der Waals surface area contributed by atoms with Crippen molar-refractivity contribution >= 4 is 34.9 Å². The fourth-order valence-electron chi connectivity index (χ4n) is 8.84. The molecule has 48 heavy (non-hydrogen) atoms. The highest BCUT2D eigenvalue weighted by molar-refractivity contribution is 7.12. The first-order chi connectivity index (χ1) is 23.5. The van der Waals surface area contributed by atoms with Crippen LogP contribution >= 0.6 is 11.3 Å². The van der Waals surface area contributed by atoms with Gasteiger partial charge in [-0.25, -0.2) is 0 Å². The number of benzene rings is 3. The molecule has 1 nitrogen and oxygen atoms in total. The van der Waals surface area contributed by atoms with Gasteiger partial charge in [-0.2, -0.15) is 0 Å². The van der Waals surface area contributed by atoms with Gasteiger partial charge in [0, 0.05) is 27.0 Å². The maximum Gasteiger partial charge on any atom is 0.0560 e. The Morgan fingerprint density at radius 1 is 0.729 bits per heavy atom. The van der Waals surface area contributed by atoms with E-state index in [1.54, 1.807) is 9.75 Å². The molecule has 0 saturated carbocycles. The van der Waals surface area contributed by atoms with Crippen LogP contribution in [0.3, 0.4) is 0 Å². The molecule has 0 N–H and O–H groups in total. The summed E-state index contributed by atoms with van der Waals surface area (Å²) in [5.74, 6) is 1.50. The molecule has 0 spiro atoms. The third-order valence-electron chi connectivity index (χ3n) is 11.5. The van der Waals surface area contributed by atoms with Crippen LogP contribution in [0.1, 0.15) is 78.0 Å². The summed E-state index contributed by atoms with van der Waals surface area (Å²) < 4.78 is 0. The first-order valence-electron chi connectivity index (χ1n) is 17.8. The number of thiophene rings is 1. The number of fused-ring (bicyclic) bond motifs is 7. The standard InChI is InChI=1S/C46H43NS/c1-30-13-15-32(16-14-30)34-19-23-36(24-20-34)47(35-21-17-33(18-22-35)31-9-5-4-6-10-31)37-25-27-41-40(29-37)44-42(46(41,2)3)28-26-39-38-11-7-8-12-43(38)48-45(39)44/h4-7,9-11,13,15-23,25-30,36,42,44H,8,12,14,24H2,1-3H3. The van der Waals surface area contributed by atoms with Crippen LogP contribution in [-0.2, 0) is 11.8 Å². The highest BCUT2D eigenvalue weighted by Crippen LogP contribution is 2.59. The van der Waals surface area contributed by atoms with Gasteiger partial charge in [0.1, 0.15) is 0 Å². The summed E-state index contributed by atoms with van der Waals surface area (Å²) in [6.45, 7) is 7.22. The summed E-state index contributed by atoms with van der Waals surface area (Å²) in [6.07, 6.45) is 28.5. The summed E-state index contributed by atoms with van der Waals surface area (Å²) in [5.41, 5.74) is 13.8. The van der Waals surface area contributed by atoms with Crippen molar-refractivity contribution in [3.05, 3.63) is 165 Å². The largest absolute Gasteiger partial charge is 0.334 e. The molecule has 0 saturated heterocycles. The maximum atomic E-state index is 2.59. The Kier molecular flexibility index (Phi) is 7.20. The van der Waals surface area contributed by atoms with E-state index < -0.39 is 0 Å². The Labute approximate surface area is 290 Å². The molecule has 5 aliphatic carbocycles. The minimum atomic E-state index is 0.0797. The zero-order chi connectivity index (χ0) is 32.4. The van der Waals surface area contributed by atoms with E-state index in [2.05, 4.69) is 171 Å². The Balaban J connectivity index is 1.13. The van der Waals surface area contributed by atoms with Gasteiger partial charge in [0.25, 0.3) is 0 Å². The molecular weight excluding hydrogens is 599 g/mol. The Morgan fingerprint density at radius 2 is 1.48 bits per heavy atom. The van der Waals surface area contributed by atoms with Crippen LogP contribution in [0.4, 0.5) is 11.4 Å². The fourth-order valence-corrected chi connectivity index (χ4v) is 10.3. The monoisotopic (exact) mass is 641 g/mol. The molecule has 1 aromatic heterocycles. The van der Waals surface area contributed by atoms with Gasteiger partial charge in [-0.15, -0.1) is 11.3 Å². The van der Waals surface area contributed by atoms with Crippen LogP contribution in [-0.4, -0.2) is 6.04 Å². The average molecular weight is 642 g/mol. The lowest BCUT2D eigenvalue weighted by atomic mass is 9.73. The predicted molar refractivity (Wildman–Crippen MR) is 206 cm³/mol. The van der Waals surface area contributed by atoms with Crippen molar-refractivity contribution in [2.24, 2.45) is 11.8 Å².